The van der Waals surface area contributed by atoms with Gasteiger partial charge in [-0.15, -0.1) is 0 Å². The summed E-state index contributed by atoms with van der Waals surface area (Å²) in [7, 11) is 0. The minimum absolute atomic E-state index is 0.142. The first-order valence-electron chi connectivity index (χ1n) is 5.57. The molecule has 0 rings (SSSR count). The first kappa shape index (κ1) is 18.2. The van der Waals surface area contributed by atoms with Gasteiger partial charge in [-0.2, -0.15) is 13.2 Å². The highest BCUT2D eigenvalue weighted by atomic mass is 19.4. The molecule has 1 unspecified atom stereocenters. The average Bonchev–Trinajstić information content (AvgIpc) is 2.21. The van der Waals surface area contributed by atoms with Gasteiger partial charge in [0, 0.05) is 12.4 Å². The number of aliphatic carboxylic acids is 1. The molecule has 0 saturated heterocycles. The smallest absolute Gasteiger partial charge is 0.471 e. The van der Waals surface area contributed by atoms with Crippen LogP contribution in [0.4, 0.5) is 13.2 Å². The lowest BCUT2D eigenvalue weighted by molar-refractivity contribution is -0.306. The van der Waals surface area contributed by atoms with Gasteiger partial charge in [0.15, 0.2) is 0 Å². The predicted octanol–water partition coefficient (Wildman–Crippen LogP) is -0.237. The van der Waals surface area contributed by atoms with Crippen LogP contribution in [0.15, 0.2) is 0 Å². The Morgan fingerprint density at radius 1 is 1.20 bits per heavy atom. The second-order valence-corrected chi connectivity index (χ2v) is 5.27. The summed E-state index contributed by atoms with van der Waals surface area (Å²) in [6.07, 6.45) is -6.33. The molecule has 1 atom stereocenters. The van der Waals surface area contributed by atoms with E-state index in [0.717, 1.165) is 0 Å². The molecular weight excluding hydrogens is 283 g/mol. The lowest BCUT2D eigenvalue weighted by Gasteiger charge is -2.22. The van der Waals surface area contributed by atoms with Gasteiger partial charge in [0.05, 0.1) is 6.61 Å². The van der Waals surface area contributed by atoms with Crippen LogP contribution in [0.5, 0.6) is 0 Å². The Hall–Kier alpha value is -1.80. The molecule has 116 valence electrons. The second kappa shape index (κ2) is 6.58. The fourth-order valence-corrected chi connectivity index (χ4v) is 0.988. The van der Waals surface area contributed by atoms with Crippen LogP contribution in [0, 0.1) is 5.41 Å². The summed E-state index contributed by atoms with van der Waals surface area (Å²) in [5.41, 5.74) is -0.463. The van der Waals surface area contributed by atoms with E-state index in [2.05, 4.69) is 4.74 Å². The third kappa shape index (κ3) is 7.59. The normalized spacial score (nSPS) is 13.5. The van der Waals surface area contributed by atoms with Gasteiger partial charge in [-0.25, -0.2) is 4.79 Å². The molecule has 0 radical (unpaired) electrons. The van der Waals surface area contributed by atoms with E-state index in [1.807, 2.05) is 0 Å². The summed E-state index contributed by atoms with van der Waals surface area (Å²) in [5.74, 6) is -5.47. The van der Waals surface area contributed by atoms with E-state index in [-0.39, 0.29) is 6.61 Å². The van der Waals surface area contributed by atoms with Crippen molar-refractivity contribution in [3.05, 3.63) is 0 Å². The maximum absolute atomic E-state index is 12.1. The molecule has 0 bridgehead atoms. The maximum atomic E-state index is 12.1. The molecular formula is C11H15F3NO5-. The number of hydrogen-bond donors (Lipinski definition) is 1. The van der Waals surface area contributed by atoms with Crippen LogP contribution >= 0.6 is 0 Å². The van der Waals surface area contributed by atoms with Gasteiger partial charge in [-0.1, -0.05) is 20.8 Å². The zero-order valence-corrected chi connectivity index (χ0v) is 11.2. The van der Waals surface area contributed by atoms with Gasteiger partial charge in [0.2, 0.25) is 0 Å². The second-order valence-electron chi connectivity index (χ2n) is 5.27. The highest BCUT2D eigenvalue weighted by Gasteiger charge is 2.41. The molecule has 20 heavy (non-hydrogen) atoms. The van der Waals surface area contributed by atoms with E-state index in [0.29, 0.717) is 0 Å². The van der Waals surface area contributed by atoms with E-state index >= 15 is 0 Å². The fourth-order valence-electron chi connectivity index (χ4n) is 0.988. The molecule has 9 heteroatoms. The average molecular weight is 298 g/mol. The number of alkyl halides is 3. The topological polar surface area (TPSA) is 95.5 Å². The Labute approximate surface area is 113 Å². The van der Waals surface area contributed by atoms with Crippen molar-refractivity contribution in [2.24, 2.45) is 5.41 Å². The number of halogens is 3. The largest absolute Gasteiger partial charge is 0.550 e. The molecule has 0 aromatic rings. The third-order valence-electron chi connectivity index (χ3n) is 1.87. The Bertz CT molecular complexity index is 387. The standard InChI is InChI=1S/C11H16F3NO5/c1-10(2,3)5-20-8(18)6(4-7(16)17)15-9(19)11(12,13)14/h6H,4-5H2,1-3H3,(H,15,19)(H,16,17)/p-1. The van der Waals surface area contributed by atoms with Gasteiger partial charge in [0.1, 0.15) is 6.04 Å². The minimum atomic E-state index is -5.23. The number of amides is 1. The van der Waals surface area contributed by atoms with Crippen LogP contribution in [0.3, 0.4) is 0 Å². The van der Waals surface area contributed by atoms with Gasteiger partial charge in [-0.05, 0) is 5.41 Å². The number of hydrogen-bond acceptors (Lipinski definition) is 5. The van der Waals surface area contributed by atoms with E-state index in [9.17, 15) is 32.7 Å². The Morgan fingerprint density at radius 3 is 2.05 bits per heavy atom. The van der Waals surface area contributed by atoms with Gasteiger partial charge >= 0.3 is 18.1 Å². The lowest BCUT2D eigenvalue weighted by Crippen LogP contribution is -2.50. The van der Waals surface area contributed by atoms with Crippen molar-refractivity contribution in [3.8, 4) is 0 Å². The van der Waals surface area contributed by atoms with Crippen molar-refractivity contribution >= 4 is 17.8 Å². The summed E-state index contributed by atoms with van der Waals surface area (Å²) in [6, 6.07) is -1.95. The molecule has 6 nitrogen and oxygen atoms in total. The fraction of sp³-hybridized carbons (Fsp3) is 0.727. The molecule has 0 heterocycles. The summed E-state index contributed by atoms with van der Waals surface area (Å²) >= 11 is 0. The predicted molar refractivity (Wildman–Crippen MR) is 58.0 cm³/mol. The minimum Gasteiger partial charge on any atom is -0.550 e. The monoisotopic (exact) mass is 298 g/mol. The van der Waals surface area contributed by atoms with Gasteiger partial charge < -0.3 is 20.0 Å². The van der Waals surface area contributed by atoms with Crippen molar-refractivity contribution in [3.63, 3.8) is 0 Å². The van der Waals surface area contributed by atoms with Gasteiger partial charge in [-0.3, -0.25) is 4.79 Å². The molecule has 0 saturated carbocycles. The molecule has 0 fully saturated rings. The number of nitrogens with one attached hydrogen (secondary N) is 1. The van der Waals surface area contributed by atoms with E-state index in [1.165, 1.54) is 5.32 Å². The molecule has 0 spiro atoms. The number of ether oxygens (including phenoxy) is 1. The summed E-state index contributed by atoms with van der Waals surface area (Å²) in [4.78, 5) is 32.6. The molecule has 0 aromatic heterocycles. The van der Waals surface area contributed by atoms with E-state index < -0.39 is 41.9 Å². The van der Waals surface area contributed by atoms with Crippen molar-refractivity contribution in [2.45, 2.75) is 39.4 Å². The first-order valence-corrected chi connectivity index (χ1v) is 5.57. The molecule has 1 amide bonds. The quantitative estimate of drug-likeness (QED) is 0.707. The van der Waals surface area contributed by atoms with E-state index in [4.69, 9.17) is 0 Å². The van der Waals surface area contributed by atoms with Crippen LogP contribution in [-0.2, 0) is 19.1 Å². The van der Waals surface area contributed by atoms with Crippen molar-refractivity contribution in [2.75, 3.05) is 6.61 Å². The molecule has 1 N–H and O–H groups in total. The van der Waals surface area contributed by atoms with E-state index in [1.54, 1.807) is 20.8 Å². The van der Waals surface area contributed by atoms with Crippen molar-refractivity contribution < 1.29 is 37.4 Å². The number of carbonyl (C=O) groups is 3. The zero-order chi connectivity index (χ0) is 16.1. The lowest BCUT2D eigenvalue weighted by atomic mass is 9.99. The number of carboxylic acid groups (broad SMARTS) is 1. The number of carboxylic acids is 1. The summed E-state index contributed by atoms with van der Waals surface area (Å²) in [6.45, 7) is 4.95. The molecule has 0 aliphatic rings. The zero-order valence-electron chi connectivity index (χ0n) is 11.2. The molecule has 0 aromatic carbocycles. The van der Waals surface area contributed by atoms with Crippen LogP contribution < -0.4 is 10.4 Å². The molecule has 0 aliphatic carbocycles. The van der Waals surface area contributed by atoms with Crippen LogP contribution in [-0.4, -0.2) is 36.7 Å². The Balaban J connectivity index is 4.76. The maximum Gasteiger partial charge on any atom is 0.471 e. The number of esters is 1. The SMILES string of the molecule is CC(C)(C)COC(=O)C(CC(=O)[O-])NC(=O)C(F)(F)F. The van der Waals surface area contributed by atoms with Crippen molar-refractivity contribution in [1.82, 2.24) is 5.32 Å². The van der Waals surface area contributed by atoms with Gasteiger partial charge in [0.25, 0.3) is 0 Å². The molecule has 0 aliphatic heterocycles. The first-order chi connectivity index (χ1) is 8.83. The third-order valence-corrected chi connectivity index (χ3v) is 1.87. The number of carbonyl (C=O) groups excluding carboxylic acids is 3. The number of rotatable bonds is 5. The van der Waals surface area contributed by atoms with Crippen LogP contribution in [0.25, 0.3) is 0 Å². The Kier molecular flexibility index (Phi) is 5.98. The summed E-state index contributed by atoms with van der Waals surface area (Å²) < 4.78 is 40.8. The highest BCUT2D eigenvalue weighted by Crippen LogP contribution is 2.16. The highest BCUT2D eigenvalue weighted by molar-refractivity contribution is 5.89. The van der Waals surface area contributed by atoms with Crippen LogP contribution in [0.1, 0.15) is 27.2 Å². The Morgan fingerprint density at radius 2 is 1.70 bits per heavy atom. The van der Waals surface area contributed by atoms with Crippen LogP contribution in [0.2, 0.25) is 0 Å². The summed E-state index contributed by atoms with van der Waals surface area (Å²) in [5, 5.41) is 11.7. The van der Waals surface area contributed by atoms with Crippen molar-refractivity contribution in [1.29, 1.82) is 0 Å².